The van der Waals surface area contributed by atoms with E-state index in [2.05, 4.69) is 4.98 Å². The maximum absolute atomic E-state index is 13.2. The van der Waals surface area contributed by atoms with Gasteiger partial charge in [0.1, 0.15) is 11.6 Å². The third-order valence-corrected chi connectivity index (χ3v) is 5.66. The van der Waals surface area contributed by atoms with E-state index in [0.717, 1.165) is 23.8 Å². The molecule has 2 aromatic carbocycles. The second-order valence-corrected chi connectivity index (χ2v) is 7.54. The van der Waals surface area contributed by atoms with Gasteiger partial charge in [0, 0.05) is 12.0 Å². The topological polar surface area (TPSA) is 110 Å². The van der Waals surface area contributed by atoms with Gasteiger partial charge in [0.05, 0.1) is 32.0 Å². The molecule has 0 fully saturated rings. The van der Waals surface area contributed by atoms with Gasteiger partial charge < -0.3 is 19.9 Å². The van der Waals surface area contributed by atoms with Crippen LogP contribution < -0.4 is 26.0 Å². The summed E-state index contributed by atoms with van der Waals surface area (Å²) >= 11 is 0. The van der Waals surface area contributed by atoms with Crippen molar-refractivity contribution in [2.45, 2.75) is 18.6 Å². The van der Waals surface area contributed by atoms with Gasteiger partial charge in [-0.25, -0.2) is 9.36 Å². The third kappa shape index (κ3) is 3.95. The van der Waals surface area contributed by atoms with Crippen molar-refractivity contribution in [3.05, 3.63) is 79.5 Å². The van der Waals surface area contributed by atoms with Gasteiger partial charge in [-0.15, -0.1) is 0 Å². The van der Waals surface area contributed by atoms with Crippen molar-refractivity contribution in [1.29, 1.82) is 0 Å². The quantitative estimate of drug-likeness (QED) is 0.542. The van der Waals surface area contributed by atoms with Crippen LogP contribution in [0.15, 0.2) is 46.0 Å². The van der Waals surface area contributed by atoms with Gasteiger partial charge in [0.25, 0.3) is 5.56 Å². The lowest BCUT2D eigenvalue weighted by molar-refractivity contribution is -0.690. The summed E-state index contributed by atoms with van der Waals surface area (Å²) in [5, 5.41) is 12.8. The van der Waals surface area contributed by atoms with Gasteiger partial charge >= 0.3 is 11.9 Å². The van der Waals surface area contributed by atoms with E-state index in [1.165, 1.54) is 20.3 Å². The first-order valence-corrected chi connectivity index (χ1v) is 9.99. The van der Waals surface area contributed by atoms with E-state index in [-0.39, 0.29) is 11.3 Å². The van der Waals surface area contributed by atoms with E-state index in [4.69, 9.17) is 9.47 Å². The predicted octanol–water partition coefficient (Wildman–Crippen LogP) is 1.48. The van der Waals surface area contributed by atoms with Crippen molar-refractivity contribution in [2.75, 3.05) is 20.8 Å². The maximum atomic E-state index is 13.2. The molecule has 0 bridgehead atoms. The van der Waals surface area contributed by atoms with Crippen molar-refractivity contribution in [3.8, 4) is 23.1 Å². The Kier molecular flexibility index (Phi) is 5.66. The highest BCUT2D eigenvalue weighted by Crippen LogP contribution is 2.37. The number of methoxy groups -OCH3 is 2. The Morgan fingerprint density at radius 3 is 2.48 bits per heavy atom. The molecule has 1 atom stereocenters. The Hall–Kier alpha value is -3.73. The molecule has 33 heavy (non-hydrogen) atoms. The summed E-state index contributed by atoms with van der Waals surface area (Å²) in [5.41, 5.74) is -1.74. The molecule has 1 aliphatic rings. The van der Waals surface area contributed by atoms with E-state index in [1.807, 2.05) is 0 Å². The number of nitrogens with one attached hydrogen (secondary N) is 1. The summed E-state index contributed by atoms with van der Waals surface area (Å²) in [4.78, 5) is 27.4. The number of rotatable bonds is 4. The summed E-state index contributed by atoms with van der Waals surface area (Å²) < 4.78 is 50.9. The minimum Gasteiger partial charge on any atom is -0.494 e. The van der Waals surface area contributed by atoms with Crippen LogP contribution in [-0.2, 0) is 12.6 Å². The smallest absolute Gasteiger partial charge is 0.416 e. The van der Waals surface area contributed by atoms with E-state index in [0.29, 0.717) is 34.6 Å². The standard InChI is InChI=1S/C22H20F3N3O5/c1-32-15-8-11-6-7-26-18(14(11)10-16(15)33-2)17-19(29)27-21(31)28(20(17)30)13-5-3-4-12(9-13)22(23,24)25/h3-5,8-10,18,26,30H,6-7H2,1-2H3,(H,27,29,31)/p+1/t18-/m1/s1. The molecule has 0 saturated heterocycles. The number of quaternary nitrogens is 1. The van der Waals surface area contributed by atoms with Gasteiger partial charge in [0.2, 0.25) is 5.88 Å². The Bertz CT molecular complexity index is 1330. The summed E-state index contributed by atoms with van der Waals surface area (Å²) in [6.45, 7) is 0.564. The monoisotopic (exact) mass is 464 g/mol. The highest BCUT2D eigenvalue weighted by Gasteiger charge is 2.34. The zero-order chi connectivity index (χ0) is 23.9. The van der Waals surface area contributed by atoms with Gasteiger partial charge in [-0.1, -0.05) is 6.07 Å². The molecular weight excluding hydrogens is 443 g/mol. The fraction of sp³-hybridized carbons (Fsp3) is 0.273. The highest BCUT2D eigenvalue weighted by molar-refractivity contribution is 5.52. The molecule has 11 heteroatoms. The fourth-order valence-corrected chi connectivity index (χ4v) is 4.13. The zero-order valence-electron chi connectivity index (χ0n) is 17.7. The van der Waals surface area contributed by atoms with Crippen LogP contribution >= 0.6 is 0 Å². The van der Waals surface area contributed by atoms with E-state index in [9.17, 15) is 27.9 Å². The number of nitrogens with zero attached hydrogens (tertiary/aromatic N) is 1. The van der Waals surface area contributed by atoms with Crippen LogP contribution in [-0.4, -0.2) is 35.4 Å². The zero-order valence-corrected chi connectivity index (χ0v) is 17.7. The molecule has 174 valence electrons. The molecule has 0 spiro atoms. The minimum absolute atomic E-state index is 0.153. The number of fused-ring (bicyclic) bond motifs is 1. The van der Waals surface area contributed by atoms with Crippen LogP contribution in [0.1, 0.15) is 28.3 Å². The molecule has 1 aromatic heterocycles. The van der Waals surface area contributed by atoms with E-state index >= 15 is 0 Å². The van der Waals surface area contributed by atoms with E-state index < -0.39 is 34.9 Å². The lowest BCUT2D eigenvalue weighted by atomic mass is 9.90. The fourth-order valence-electron chi connectivity index (χ4n) is 4.13. The molecule has 8 nitrogen and oxygen atoms in total. The first-order chi connectivity index (χ1) is 15.7. The maximum Gasteiger partial charge on any atom is 0.416 e. The van der Waals surface area contributed by atoms with Crippen LogP contribution in [0.4, 0.5) is 13.2 Å². The van der Waals surface area contributed by atoms with Gasteiger partial charge in [-0.2, -0.15) is 13.2 Å². The van der Waals surface area contributed by atoms with Gasteiger partial charge in [-0.05, 0) is 35.9 Å². The summed E-state index contributed by atoms with van der Waals surface area (Å²) in [6, 6.07) is 6.68. The lowest BCUT2D eigenvalue weighted by Crippen LogP contribution is -2.87. The number of hydrogen-bond acceptors (Lipinski definition) is 5. The Labute approximate surface area is 185 Å². The molecule has 0 unspecified atom stereocenters. The van der Waals surface area contributed by atoms with Crippen LogP contribution in [0.25, 0.3) is 5.69 Å². The number of alkyl halides is 3. The van der Waals surface area contributed by atoms with E-state index in [1.54, 1.807) is 17.4 Å². The van der Waals surface area contributed by atoms with Crippen LogP contribution in [0.2, 0.25) is 0 Å². The minimum atomic E-state index is -4.65. The molecular formula is C22H21F3N3O5+. The van der Waals surface area contributed by atoms with Crippen molar-refractivity contribution in [3.63, 3.8) is 0 Å². The second kappa shape index (κ2) is 8.32. The first-order valence-electron chi connectivity index (χ1n) is 9.99. The molecule has 0 radical (unpaired) electrons. The number of H-pyrrole nitrogens is 1. The average Bonchev–Trinajstić information content (AvgIpc) is 2.77. The summed E-state index contributed by atoms with van der Waals surface area (Å²) in [7, 11) is 2.96. The highest BCUT2D eigenvalue weighted by atomic mass is 19.4. The molecule has 4 rings (SSSR count). The Balaban J connectivity index is 1.92. The SMILES string of the molecule is COc1cc2c(cc1OC)[C@H](c1c(O)n(-c3cccc(C(F)(F)F)c3)c(=O)[nH]c1=O)[NH2+]CC2. The lowest BCUT2D eigenvalue weighted by Gasteiger charge is -2.26. The number of halogens is 3. The number of aromatic nitrogens is 2. The van der Waals surface area contributed by atoms with Crippen LogP contribution in [0.5, 0.6) is 17.4 Å². The predicted molar refractivity (Wildman–Crippen MR) is 111 cm³/mol. The largest absolute Gasteiger partial charge is 0.494 e. The van der Waals surface area contributed by atoms with Crippen molar-refractivity contribution >= 4 is 0 Å². The molecule has 0 saturated carbocycles. The number of aromatic hydroxyl groups is 1. The molecule has 4 N–H and O–H groups in total. The summed E-state index contributed by atoms with van der Waals surface area (Å²) in [5.74, 6) is 0.189. The number of aromatic amines is 1. The molecule has 0 amide bonds. The number of benzene rings is 2. The van der Waals surface area contributed by atoms with Crippen LogP contribution in [0.3, 0.4) is 0 Å². The van der Waals surface area contributed by atoms with Crippen molar-refractivity contribution in [2.24, 2.45) is 0 Å². The second-order valence-electron chi connectivity index (χ2n) is 7.54. The average molecular weight is 464 g/mol. The number of nitrogens with two attached hydrogens (primary N) is 1. The van der Waals surface area contributed by atoms with Crippen molar-refractivity contribution < 1.29 is 33.1 Å². The van der Waals surface area contributed by atoms with Gasteiger partial charge in [0.15, 0.2) is 11.5 Å². The number of hydrogen-bond donors (Lipinski definition) is 3. The molecule has 2 heterocycles. The van der Waals surface area contributed by atoms with Gasteiger partial charge in [-0.3, -0.25) is 9.78 Å². The molecule has 1 aliphatic heterocycles. The van der Waals surface area contributed by atoms with Crippen molar-refractivity contribution in [1.82, 2.24) is 9.55 Å². The Morgan fingerprint density at radius 2 is 1.82 bits per heavy atom. The molecule has 0 aliphatic carbocycles. The van der Waals surface area contributed by atoms with Crippen LogP contribution in [0, 0.1) is 0 Å². The first kappa shape index (κ1) is 22.5. The molecule has 3 aromatic rings. The number of ether oxygens (including phenoxy) is 2. The Morgan fingerprint density at radius 1 is 1.12 bits per heavy atom. The third-order valence-electron chi connectivity index (χ3n) is 5.66. The summed E-state index contributed by atoms with van der Waals surface area (Å²) in [6.07, 6.45) is -4.00. The normalized spacial score (nSPS) is 15.7.